The average Bonchev–Trinajstić information content (AvgIpc) is 3.38. The minimum absolute atomic E-state index is 0.0390. The first-order chi connectivity index (χ1) is 34.2. The lowest BCUT2D eigenvalue weighted by Crippen LogP contribution is -2.16. The fourth-order valence-corrected chi connectivity index (χ4v) is 6.41. The van der Waals surface area contributed by atoms with E-state index in [1.807, 2.05) is 13.8 Å². The summed E-state index contributed by atoms with van der Waals surface area (Å²) in [5.74, 6) is -2.68. The fourth-order valence-electron chi connectivity index (χ4n) is 6.41. The number of rotatable bonds is 31. The highest BCUT2D eigenvalue weighted by Gasteiger charge is 2.16. The predicted molar refractivity (Wildman–Crippen MR) is 260 cm³/mol. The molecule has 0 aromatic heterocycles. The number of Topliss-reactive ketones (excluding diaryl/α,β-unsaturated/α-hetero) is 1. The molecule has 16 nitrogen and oxygen atoms in total. The highest BCUT2D eigenvalue weighted by Crippen LogP contribution is 2.26. The van der Waals surface area contributed by atoms with Crippen molar-refractivity contribution in [2.45, 2.75) is 78.1 Å². The summed E-state index contributed by atoms with van der Waals surface area (Å²) in [5.41, 5.74) is 2.10. The molecule has 0 aliphatic heterocycles. The van der Waals surface area contributed by atoms with Gasteiger partial charge in [0.1, 0.15) is 29.6 Å². The largest absolute Gasteiger partial charge is 0.486 e. The average molecular weight is 977 g/mol. The van der Waals surface area contributed by atoms with Crippen molar-refractivity contribution >= 4 is 47.6 Å². The first-order valence-electron chi connectivity index (χ1n) is 23.3. The van der Waals surface area contributed by atoms with Gasteiger partial charge in [-0.15, -0.1) is 0 Å². The van der Waals surface area contributed by atoms with Gasteiger partial charge in [0.15, 0.2) is 5.78 Å². The molecular weight excluding hydrogens is 917 g/mol. The van der Waals surface area contributed by atoms with E-state index < -0.39 is 41.8 Å². The lowest BCUT2D eigenvalue weighted by molar-refractivity contribution is -0.148. The molecule has 2 unspecified atom stereocenters. The number of ether oxygens (including phenoxy) is 8. The van der Waals surface area contributed by atoms with Crippen molar-refractivity contribution in [3.63, 3.8) is 0 Å². The number of benzene rings is 4. The van der Waals surface area contributed by atoms with Gasteiger partial charge in [-0.1, -0.05) is 51.3 Å². The number of unbranched alkanes of at least 4 members (excludes halogenated alkanes) is 2. The monoisotopic (exact) mass is 976 g/mol. The summed E-state index contributed by atoms with van der Waals surface area (Å²) < 4.78 is 42.3. The SMILES string of the molecule is C=CC(=O)OCCCCC(C)COC(=O)CCC(=O)COc1ccc(C(=O)Oc2ccc(-c3ccc(OC(=O)c4ccc(OC(=O)CCC(=O)OCC(C)CCCCOC(=O)C=C)cc4)cc3)cc2)cc1. The van der Waals surface area contributed by atoms with Crippen LogP contribution in [0.3, 0.4) is 0 Å². The van der Waals surface area contributed by atoms with Crippen LogP contribution in [-0.4, -0.2) is 80.6 Å². The Hall–Kier alpha value is -7.88. The van der Waals surface area contributed by atoms with Gasteiger partial charge in [-0.2, -0.15) is 0 Å². The van der Waals surface area contributed by atoms with Gasteiger partial charge < -0.3 is 37.9 Å². The Morgan fingerprint density at radius 1 is 0.451 bits per heavy atom. The second kappa shape index (κ2) is 30.6. The minimum Gasteiger partial charge on any atom is -0.486 e. The molecule has 4 aromatic rings. The van der Waals surface area contributed by atoms with Crippen LogP contribution in [0.5, 0.6) is 23.0 Å². The molecule has 0 saturated carbocycles. The zero-order chi connectivity index (χ0) is 51.4. The number of esters is 7. The Labute approximate surface area is 413 Å². The zero-order valence-electron chi connectivity index (χ0n) is 40.1. The van der Waals surface area contributed by atoms with Crippen LogP contribution in [-0.2, 0) is 47.7 Å². The third-order valence-electron chi connectivity index (χ3n) is 10.5. The molecule has 0 radical (unpaired) electrons. The van der Waals surface area contributed by atoms with E-state index in [-0.39, 0.29) is 80.0 Å². The van der Waals surface area contributed by atoms with Crippen molar-refractivity contribution < 1.29 is 76.3 Å². The Morgan fingerprint density at radius 3 is 1.27 bits per heavy atom. The summed E-state index contributed by atoms with van der Waals surface area (Å²) in [4.78, 5) is 96.8. The summed E-state index contributed by atoms with van der Waals surface area (Å²) in [6.45, 7) is 11.4. The lowest BCUT2D eigenvalue weighted by atomic mass is 10.1. The predicted octanol–water partition coefficient (Wildman–Crippen LogP) is 9.36. The highest BCUT2D eigenvalue weighted by atomic mass is 16.6. The van der Waals surface area contributed by atoms with Gasteiger partial charge >= 0.3 is 41.8 Å². The summed E-state index contributed by atoms with van der Waals surface area (Å²) >= 11 is 0. The van der Waals surface area contributed by atoms with E-state index in [0.29, 0.717) is 43.3 Å². The highest BCUT2D eigenvalue weighted by molar-refractivity contribution is 5.92. The van der Waals surface area contributed by atoms with Crippen molar-refractivity contribution in [2.75, 3.05) is 33.0 Å². The number of carbonyl (C=O) groups excluding carboxylic acids is 8. The molecule has 0 saturated heterocycles. The number of carbonyl (C=O) groups is 8. The van der Waals surface area contributed by atoms with Crippen LogP contribution in [0.2, 0.25) is 0 Å². The molecule has 376 valence electrons. The molecule has 0 aliphatic carbocycles. The number of ketones is 1. The van der Waals surface area contributed by atoms with Gasteiger partial charge in [-0.05, 0) is 134 Å². The molecule has 4 rings (SSSR count). The summed E-state index contributed by atoms with van der Waals surface area (Å²) in [5, 5.41) is 0. The van der Waals surface area contributed by atoms with E-state index in [0.717, 1.165) is 49.0 Å². The van der Waals surface area contributed by atoms with Gasteiger partial charge in [0.25, 0.3) is 0 Å². The standard InChI is InChI=1S/C55H60O16/c1-5-49(57)64-33-9-7-11-38(3)35-67-51(59)30-21-44(56)37-66-45-22-17-42(18-23-45)54(62)70-47-24-13-40(14-25-47)41-15-26-48(27-16-41)71-55(63)43-19-28-46(29-20-43)69-53(61)32-31-52(60)68-36-39(4)12-8-10-34-65-50(58)6-2/h5-6,13-20,22-29,38-39H,1-2,7-12,21,30-37H2,3-4H3. The molecule has 71 heavy (non-hydrogen) atoms. The molecular formula is C55H60O16. The molecule has 16 heteroatoms. The van der Waals surface area contributed by atoms with E-state index >= 15 is 0 Å². The molecule has 0 heterocycles. The van der Waals surface area contributed by atoms with Crippen LogP contribution >= 0.6 is 0 Å². The van der Waals surface area contributed by atoms with E-state index in [2.05, 4.69) is 13.2 Å². The maximum absolute atomic E-state index is 12.9. The van der Waals surface area contributed by atoms with Crippen molar-refractivity contribution in [3.8, 4) is 34.1 Å². The van der Waals surface area contributed by atoms with Crippen molar-refractivity contribution in [2.24, 2.45) is 11.8 Å². The van der Waals surface area contributed by atoms with Crippen molar-refractivity contribution in [3.05, 3.63) is 133 Å². The van der Waals surface area contributed by atoms with Crippen molar-refractivity contribution in [1.82, 2.24) is 0 Å². The fraction of sp³-hybridized carbons (Fsp3) is 0.345. The third-order valence-corrected chi connectivity index (χ3v) is 10.5. The van der Waals surface area contributed by atoms with Gasteiger partial charge in [0.2, 0.25) is 0 Å². The first kappa shape index (κ1) is 55.7. The lowest BCUT2D eigenvalue weighted by Gasteiger charge is -2.12. The van der Waals surface area contributed by atoms with Gasteiger partial charge in [-0.3, -0.25) is 19.2 Å². The molecule has 0 fully saturated rings. The second-order valence-corrected chi connectivity index (χ2v) is 16.5. The van der Waals surface area contributed by atoms with Crippen LogP contribution < -0.4 is 18.9 Å². The zero-order valence-corrected chi connectivity index (χ0v) is 40.1. The molecule has 0 aliphatic rings. The molecule has 0 spiro atoms. The normalized spacial score (nSPS) is 11.4. The van der Waals surface area contributed by atoms with Crippen LogP contribution in [0.1, 0.15) is 98.8 Å². The van der Waals surface area contributed by atoms with Crippen LogP contribution in [0.15, 0.2) is 122 Å². The first-order valence-corrected chi connectivity index (χ1v) is 23.3. The maximum Gasteiger partial charge on any atom is 0.343 e. The Kier molecular flexibility index (Phi) is 24.0. The summed E-state index contributed by atoms with van der Waals surface area (Å²) in [7, 11) is 0. The summed E-state index contributed by atoms with van der Waals surface area (Å²) in [6.07, 6.45) is 6.35. The van der Waals surface area contributed by atoms with Crippen LogP contribution in [0.25, 0.3) is 11.1 Å². The van der Waals surface area contributed by atoms with E-state index in [4.69, 9.17) is 37.9 Å². The minimum atomic E-state index is -0.633. The molecule has 2 atom stereocenters. The number of hydrogen-bond donors (Lipinski definition) is 0. The second-order valence-electron chi connectivity index (χ2n) is 16.5. The molecule has 0 amide bonds. The van der Waals surface area contributed by atoms with E-state index in [9.17, 15) is 38.4 Å². The van der Waals surface area contributed by atoms with Crippen LogP contribution in [0.4, 0.5) is 0 Å². The van der Waals surface area contributed by atoms with Crippen molar-refractivity contribution in [1.29, 1.82) is 0 Å². The summed E-state index contributed by atoms with van der Waals surface area (Å²) in [6, 6.07) is 25.6. The Bertz CT molecular complexity index is 2400. The van der Waals surface area contributed by atoms with E-state index in [1.165, 1.54) is 48.5 Å². The molecule has 4 aromatic carbocycles. The van der Waals surface area contributed by atoms with Gasteiger partial charge in [-0.25, -0.2) is 19.2 Å². The Morgan fingerprint density at radius 2 is 0.831 bits per heavy atom. The third kappa shape index (κ3) is 22.0. The topological polar surface area (TPSA) is 210 Å². The quantitative estimate of drug-likeness (QED) is 0.0151. The van der Waals surface area contributed by atoms with E-state index in [1.54, 1.807) is 48.5 Å². The van der Waals surface area contributed by atoms with Crippen LogP contribution in [0, 0.1) is 11.8 Å². The van der Waals surface area contributed by atoms with Gasteiger partial charge in [0, 0.05) is 18.6 Å². The molecule has 0 bridgehead atoms. The Balaban J connectivity index is 1.10. The maximum atomic E-state index is 12.9. The number of hydrogen-bond acceptors (Lipinski definition) is 16. The molecule has 0 N–H and O–H groups in total. The van der Waals surface area contributed by atoms with Gasteiger partial charge in [0.05, 0.1) is 56.8 Å². The smallest absolute Gasteiger partial charge is 0.343 e.